The average Bonchev–Trinajstić information content (AvgIpc) is 2.43. The zero-order valence-corrected chi connectivity index (χ0v) is 16.3. The third-order valence-corrected chi connectivity index (χ3v) is 4.48. The van der Waals surface area contributed by atoms with Gasteiger partial charge in [0.05, 0.1) is 17.2 Å². The third-order valence-electron chi connectivity index (χ3n) is 2.64. The Balaban J connectivity index is 2.49. The molecule has 0 bridgehead atoms. The second kappa shape index (κ2) is 9.35. The minimum atomic E-state index is -0.427. The highest BCUT2D eigenvalue weighted by Crippen LogP contribution is 2.23. The highest BCUT2D eigenvalue weighted by Gasteiger charge is 2.12. The first-order chi connectivity index (χ1) is 10.7. The molecule has 1 rings (SSSR count). The predicted octanol–water partition coefficient (Wildman–Crippen LogP) is 4.33. The molecule has 0 aliphatic carbocycles. The summed E-state index contributed by atoms with van der Waals surface area (Å²) in [6.07, 6.45) is 0. The van der Waals surface area contributed by atoms with Gasteiger partial charge in [0.1, 0.15) is 0 Å². The third kappa shape index (κ3) is 7.90. The zero-order chi connectivity index (χ0) is 17.5. The topological polar surface area (TPSA) is 50.4 Å². The van der Waals surface area contributed by atoms with Crippen molar-refractivity contribution >= 4 is 52.3 Å². The molecule has 23 heavy (non-hydrogen) atoms. The van der Waals surface area contributed by atoms with Gasteiger partial charge in [-0.3, -0.25) is 0 Å². The van der Waals surface area contributed by atoms with E-state index >= 15 is 0 Å². The summed E-state index contributed by atoms with van der Waals surface area (Å²) < 4.78 is 5.18. The molecular weight excluding hydrogens is 352 g/mol. The molecule has 7 heteroatoms. The van der Waals surface area contributed by atoms with E-state index in [1.807, 2.05) is 11.8 Å². The van der Waals surface area contributed by atoms with Crippen LogP contribution in [-0.2, 0) is 4.74 Å². The molecule has 0 aromatic heterocycles. The lowest BCUT2D eigenvalue weighted by Gasteiger charge is -2.18. The number of anilines is 1. The summed E-state index contributed by atoms with van der Waals surface area (Å²) in [5.74, 6) is 0.539. The molecular formula is C16H23ClN2O2S2. The van der Waals surface area contributed by atoms with Crippen LogP contribution in [0.2, 0.25) is 5.02 Å². The van der Waals surface area contributed by atoms with Gasteiger partial charge in [0, 0.05) is 22.7 Å². The molecule has 2 N–H and O–H groups in total. The minimum Gasteiger partial charge on any atom is -0.462 e. The van der Waals surface area contributed by atoms with Crippen molar-refractivity contribution in [3.05, 3.63) is 28.8 Å². The van der Waals surface area contributed by atoms with Gasteiger partial charge in [-0.2, -0.15) is 11.8 Å². The molecule has 4 nitrogen and oxygen atoms in total. The lowest BCUT2D eigenvalue weighted by atomic mass is 10.2. The second-order valence-corrected chi connectivity index (χ2v) is 8.49. The van der Waals surface area contributed by atoms with Crippen molar-refractivity contribution in [3.63, 3.8) is 0 Å². The van der Waals surface area contributed by atoms with Crippen molar-refractivity contribution in [1.82, 2.24) is 5.32 Å². The Kier molecular flexibility index (Phi) is 8.16. The Hall–Kier alpha value is -0.980. The quantitative estimate of drug-likeness (QED) is 0.439. The maximum Gasteiger partial charge on any atom is 0.339 e. The van der Waals surface area contributed by atoms with Crippen molar-refractivity contribution in [3.8, 4) is 0 Å². The smallest absolute Gasteiger partial charge is 0.339 e. The number of esters is 1. The van der Waals surface area contributed by atoms with Gasteiger partial charge in [-0.05, 0) is 37.3 Å². The minimum absolute atomic E-state index is 0.243. The Morgan fingerprint density at radius 2 is 2.09 bits per heavy atom. The summed E-state index contributed by atoms with van der Waals surface area (Å²) in [6, 6.07) is 5.03. The van der Waals surface area contributed by atoms with Crippen LogP contribution in [0.1, 0.15) is 38.1 Å². The number of thioether (sulfide) groups is 1. The van der Waals surface area contributed by atoms with Gasteiger partial charge < -0.3 is 15.4 Å². The summed E-state index contributed by atoms with van der Waals surface area (Å²) in [6.45, 7) is 9.39. The van der Waals surface area contributed by atoms with Crippen LogP contribution in [0.5, 0.6) is 0 Å². The van der Waals surface area contributed by atoms with E-state index < -0.39 is 5.97 Å². The average molecular weight is 375 g/mol. The molecule has 1 aromatic carbocycles. The van der Waals surface area contributed by atoms with Crippen molar-refractivity contribution < 1.29 is 9.53 Å². The van der Waals surface area contributed by atoms with E-state index in [0.717, 1.165) is 18.0 Å². The van der Waals surface area contributed by atoms with Crippen LogP contribution in [-0.4, -0.2) is 34.7 Å². The first-order valence-corrected chi connectivity index (χ1v) is 9.15. The molecule has 1 aromatic rings. The van der Waals surface area contributed by atoms with E-state index in [2.05, 4.69) is 31.4 Å². The number of ether oxygens (including phenoxy) is 1. The van der Waals surface area contributed by atoms with E-state index in [4.69, 9.17) is 28.6 Å². The lowest BCUT2D eigenvalue weighted by molar-refractivity contribution is 0.0526. The molecule has 0 unspecified atom stereocenters. The van der Waals surface area contributed by atoms with Gasteiger partial charge in [-0.15, -0.1) is 0 Å². The Bertz CT molecular complexity index is 560. The Morgan fingerprint density at radius 3 is 2.65 bits per heavy atom. The maximum absolute atomic E-state index is 11.7. The lowest BCUT2D eigenvalue weighted by Crippen LogP contribution is -2.31. The fourth-order valence-corrected chi connectivity index (χ4v) is 2.96. The second-order valence-electron chi connectivity index (χ2n) is 5.76. The predicted molar refractivity (Wildman–Crippen MR) is 104 cm³/mol. The number of thiocarbonyl (C=S) groups is 1. The normalized spacial score (nSPS) is 11.0. The Morgan fingerprint density at radius 1 is 1.39 bits per heavy atom. The zero-order valence-electron chi connectivity index (χ0n) is 13.9. The standard InChI is InChI=1S/C16H23ClN2O2S2/c1-5-21-14(20)12-7-6-11(10-13(12)17)19-15(22)18-8-9-23-16(2,3)4/h6-7,10H,5,8-9H2,1-4H3,(H2,18,19,22). The molecule has 0 saturated carbocycles. The van der Waals surface area contributed by atoms with Crippen molar-refractivity contribution in [2.24, 2.45) is 0 Å². The van der Waals surface area contributed by atoms with Crippen LogP contribution in [0.4, 0.5) is 5.69 Å². The van der Waals surface area contributed by atoms with Gasteiger partial charge in [0.25, 0.3) is 0 Å². The number of hydrogen-bond acceptors (Lipinski definition) is 4. The number of nitrogens with one attached hydrogen (secondary N) is 2. The van der Waals surface area contributed by atoms with Crippen LogP contribution in [0.3, 0.4) is 0 Å². The molecule has 0 aliphatic heterocycles. The van der Waals surface area contributed by atoms with Crippen LogP contribution in [0.25, 0.3) is 0 Å². The molecule has 0 aliphatic rings. The first-order valence-electron chi connectivity index (χ1n) is 7.38. The largest absolute Gasteiger partial charge is 0.462 e. The first kappa shape index (κ1) is 20.1. The van der Waals surface area contributed by atoms with E-state index in [0.29, 0.717) is 22.3 Å². The monoisotopic (exact) mass is 374 g/mol. The number of carbonyl (C=O) groups excluding carboxylic acids is 1. The molecule has 0 radical (unpaired) electrons. The fourth-order valence-electron chi connectivity index (χ4n) is 1.66. The molecule has 0 saturated heterocycles. The molecule has 0 fully saturated rings. The van der Waals surface area contributed by atoms with Crippen LogP contribution >= 0.6 is 35.6 Å². The molecule has 0 heterocycles. The number of hydrogen-bond donors (Lipinski definition) is 2. The highest BCUT2D eigenvalue weighted by atomic mass is 35.5. The van der Waals surface area contributed by atoms with Crippen molar-refractivity contribution in [2.45, 2.75) is 32.4 Å². The van der Waals surface area contributed by atoms with Gasteiger partial charge in [-0.25, -0.2) is 4.79 Å². The number of rotatable bonds is 6. The summed E-state index contributed by atoms with van der Waals surface area (Å²) >= 11 is 13.2. The van der Waals surface area contributed by atoms with Gasteiger partial charge in [0.2, 0.25) is 0 Å². The van der Waals surface area contributed by atoms with E-state index in [9.17, 15) is 4.79 Å². The van der Waals surface area contributed by atoms with E-state index in [1.165, 1.54) is 0 Å². The van der Waals surface area contributed by atoms with Crippen molar-refractivity contribution in [1.29, 1.82) is 0 Å². The number of benzene rings is 1. The Labute approximate surface area is 152 Å². The molecule has 0 amide bonds. The molecule has 0 atom stereocenters. The number of carbonyl (C=O) groups is 1. The summed E-state index contributed by atoms with van der Waals surface area (Å²) in [5.41, 5.74) is 1.07. The van der Waals surface area contributed by atoms with Gasteiger partial charge in [-0.1, -0.05) is 32.4 Å². The summed E-state index contributed by atoms with van der Waals surface area (Å²) in [4.78, 5) is 11.7. The SMILES string of the molecule is CCOC(=O)c1ccc(NC(=S)NCCSC(C)(C)C)cc1Cl. The molecule has 0 spiro atoms. The number of halogens is 1. The summed E-state index contributed by atoms with van der Waals surface area (Å²) in [5, 5.41) is 7.06. The van der Waals surface area contributed by atoms with Crippen molar-refractivity contribution in [2.75, 3.05) is 24.2 Å². The highest BCUT2D eigenvalue weighted by molar-refractivity contribution is 8.00. The maximum atomic E-state index is 11.7. The van der Waals surface area contributed by atoms with Gasteiger partial charge in [0.15, 0.2) is 5.11 Å². The van der Waals surface area contributed by atoms with Crippen LogP contribution in [0, 0.1) is 0 Å². The van der Waals surface area contributed by atoms with Gasteiger partial charge >= 0.3 is 5.97 Å². The van der Waals surface area contributed by atoms with Crippen LogP contribution < -0.4 is 10.6 Å². The van der Waals surface area contributed by atoms with E-state index in [1.54, 1.807) is 25.1 Å². The van der Waals surface area contributed by atoms with Crippen LogP contribution in [0.15, 0.2) is 18.2 Å². The summed E-state index contributed by atoms with van der Waals surface area (Å²) in [7, 11) is 0. The van der Waals surface area contributed by atoms with E-state index in [-0.39, 0.29) is 4.75 Å². The fraction of sp³-hybridized carbons (Fsp3) is 0.500. The molecule has 128 valence electrons.